The van der Waals surface area contributed by atoms with Gasteiger partial charge in [0.2, 0.25) is 0 Å². The van der Waals surface area contributed by atoms with E-state index in [1.807, 2.05) is 0 Å². The summed E-state index contributed by atoms with van der Waals surface area (Å²) in [5, 5.41) is 22.1. The molecule has 8 nitrogen and oxygen atoms in total. The van der Waals surface area contributed by atoms with E-state index in [4.69, 9.17) is 4.42 Å². The maximum atomic E-state index is 10.4. The molecule has 2 aromatic rings. The summed E-state index contributed by atoms with van der Waals surface area (Å²) in [5.74, 6) is 1.23. The molecule has 0 radical (unpaired) electrons. The summed E-state index contributed by atoms with van der Waals surface area (Å²) in [6.45, 7) is 3.50. The van der Waals surface area contributed by atoms with Crippen LogP contribution in [0.25, 0.3) is 0 Å². The lowest BCUT2D eigenvalue weighted by molar-refractivity contribution is -0.402. The summed E-state index contributed by atoms with van der Waals surface area (Å²) in [5.41, 5.74) is 0. The van der Waals surface area contributed by atoms with Crippen LogP contribution >= 0.6 is 0 Å². The number of hydrogen-bond acceptors (Lipinski definition) is 6. The van der Waals surface area contributed by atoms with Gasteiger partial charge in [0, 0.05) is 0 Å². The van der Waals surface area contributed by atoms with Crippen molar-refractivity contribution in [2.45, 2.75) is 13.8 Å². The standard InChI is InChI=1S/C9H9N5O3/c1-6-11-12-7(2)13(6)10-5-8-3-4-9(17-8)14(15)16/h3-5H,1-2H3. The lowest BCUT2D eigenvalue weighted by Gasteiger charge is -1.94. The third-order valence-corrected chi connectivity index (χ3v) is 2.05. The largest absolute Gasteiger partial charge is 0.433 e. The van der Waals surface area contributed by atoms with Gasteiger partial charge in [-0.1, -0.05) is 0 Å². The Labute approximate surface area is 95.7 Å². The Hall–Kier alpha value is -2.51. The topological polar surface area (TPSA) is 99.3 Å². The lowest BCUT2D eigenvalue weighted by Crippen LogP contribution is -1.95. The van der Waals surface area contributed by atoms with Gasteiger partial charge in [0.15, 0.2) is 17.4 Å². The van der Waals surface area contributed by atoms with Crippen LogP contribution in [0.3, 0.4) is 0 Å². The van der Waals surface area contributed by atoms with Gasteiger partial charge >= 0.3 is 5.88 Å². The minimum atomic E-state index is -0.605. The molecule has 0 N–H and O–H groups in total. The zero-order valence-electron chi connectivity index (χ0n) is 9.19. The fourth-order valence-corrected chi connectivity index (χ4v) is 1.26. The number of aryl methyl sites for hydroxylation is 2. The first-order valence-corrected chi connectivity index (χ1v) is 4.75. The first-order chi connectivity index (χ1) is 8.08. The van der Waals surface area contributed by atoms with Crippen LogP contribution in [0.1, 0.15) is 17.4 Å². The molecule has 0 saturated carbocycles. The van der Waals surface area contributed by atoms with E-state index in [-0.39, 0.29) is 5.88 Å². The highest BCUT2D eigenvalue weighted by Gasteiger charge is 2.10. The van der Waals surface area contributed by atoms with Crippen molar-refractivity contribution in [3.63, 3.8) is 0 Å². The first kappa shape index (κ1) is 11.0. The molecular formula is C9H9N5O3. The molecule has 0 atom stereocenters. The van der Waals surface area contributed by atoms with Crippen LogP contribution in [0.15, 0.2) is 21.7 Å². The van der Waals surface area contributed by atoms with Crippen LogP contribution in [0, 0.1) is 24.0 Å². The number of aromatic nitrogens is 3. The molecule has 0 aromatic carbocycles. The van der Waals surface area contributed by atoms with E-state index in [1.165, 1.54) is 23.0 Å². The Morgan fingerprint density at radius 2 is 2.06 bits per heavy atom. The number of furan rings is 1. The summed E-state index contributed by atoms with van der Waals surface area (Å²) in [6, 6.07) is 2.74. The van der Waals surface area contributed by atoms with Crippen molar-refractivity contribution >= 4 is 12.1 Å². The third-order valence-electron chi connectivity index (χ3n) is 2.05. The Morgan fingerprint density at radius 3 is 2.59 bits per heavy atom. The van der Waals surface area contributed by atoms with Crippen molar-refractivity contribution in [1.82, 2.24) is 14.9 Å². The van der Waals surface area contributed by atoms with Gasteiger partial charge in [-0.15, -0.1) is 10.2 Å². The van der Waals surface area contributed by atoms with E-state index in [1.54, 1.807) is 13.8 Å². The molecule has 17 heavy (non-hydrogen) atoms. The zero-order chi connectivity index (χ0) is 12.4. The molecule has 0 spiro atoms. The molecule has 2 heterocycles. The summed E-state index contributed by atoms with van der Waals surface area (Å²) < 4.78 is 6.43. The Balaban J connectivity index is 2.23. The van der Waals surface area contributed by atoms with E-state index >= 15 is 0 Å². The van der Waals surface area contributed by atoms with Gasteiger partial charge in [0.1, 0.15) is 4.92 Å². The van der Waals surface area contributed by atoms with Gasteiger partial charge in [0.25, 0.3) is 0 Å². The quantitative estimate of drug-likeness (QED) is 0.453. The molecule has 0 aliphatic heterocycles. The highest BCUT2D eigenvalue weighted by atomic mass is 16.6. The maximum absolute atomic E-state index is 10.4. The summed E-state index contributed by atoms with van der Waals surface area (Å²) in [4.78, 5) is 9.79. The summed E-state index contributed by atoms with van der Waals surface area (Å²) in [7, 11) is 0. The highest BCUT2D eigenvalue weighted by Crippen LogP contribution is 2.14. The lowest BCUT2D eigenvalue weighted by atomic mass is 10.5. The molecule has 2 rings (SSSR count). The summed E-state index contributed by atoms with van der Waals surface area (Å²) >= 11 is 0. The van der Waals surface area contributed by atoms with Crippen molar-refractivity contribution in [3.8, 4) is 0 Å². The van der Waals surface area contributed by atoms with Gasteiger partial charge in [0.05, 0.1) is 12.3 Å². The smallest absolute Gasteiger partial charge is 0.400 e. The van der Waals surface area contributed by atoms with Gasteiger partial charge in [-0.3, -0.25) is 10.1 Å². The van der Waals surface area contributed by atoms with E-state index in [2.05, 4.69) is 15.3 Å². The predicted molar refractivity (Wildman–Crippen MR) is 57.9 cm³/mol. The minimum Gasteiger partial charge on any atom is -0.400 e. The molecule has 0 amide bonds. The van der Waals surface area contributed by atoms with Crippen molar-refractivity contribution in [2.24, 2.45) is 5.10 Å². The molecule has 0 aliphatic carbocycles. The fraction of sp³-hybridized carbons (Fsp3) is 0.222. The minimum absolute atomic E-state index is 0.296. The molecule has 2 aromatic heterocycles. The normalized spacial score (nSPS) is 11.2. The monoisotopic (exact) mass is 235 g/mol. The molecule has 8 heteroatoms. The van der Waals surface area contributed by atoms with Crippen LogP contribution in [-0.4, -0.2) is 26.0 Å². The van der Waals surface area contributed by atoms with E-state index in [0.29, 0.717) is 17.4 Å². The average Bonchev–Trinajstić information content (AvgIpc) is 2.85. The Morgan fingerprint density at radius 1 is 1.41 bits per heavy atom. The number of nitro groups is 1. The van der Waals surface area contributed by atoms with E-state index in [0.717, 1.165) is 0 Å². The SMILES string of the molecule is Cc1nnc(C)n1N=Cc1ccc([N+](=O)[O-])o1. The van der Waals surface area contributed by atoms with Gasteiger partial charge in [-0.05, 0) is 19.9 Å². The van der Waals surface area contributed by atoms with E-state index < -0.39 is 4.92 Å². The number of rotatable bonds is 3. The van der Waals surface area contributed by atoms with Crippen molar-refractivity contribution < 1.29 is 9.34 Å². The molecule has 0 fully saturated rings. The fourth-order valence-electron chi connectivity index (χ4n) is 1.26. The Kier molecular flexibility index (Phi) is 2.69. The van der Waals surface area contributed by atoms with Crippen LogP contribution in [0.4, 0.5) is 5.88 Å². The molecule has 0 bridgehead atoms. The van der Waals surface area contributed by atoms with Crippen molar-refractivity contribution in [3.05, 3.63) is 39.7 Å². The molecule has 0 unspecified atom stereocenters. The third kappa shape index (κ3) is 2.19. The van der Waals surface area contributed by atoms with Crippen LogP contribution < -0.4 is 0 Å². The maximum Gasteiger partial charge on any atom is 0.433 e. The van der Waals surface area contributed by atoms with Crippen LogP contribution in [0.2, 0.25) is 0 Å². The zero-order valence-corrected chi connectivity index (χ0v) is 9.19. The van der Waals surface area contributed by atoms with Crippen molar-refractivity contribution in [1.29, 1.82) is 0 Å². The van der Waals surface area contributed by atoms with Gasteiger partial charge in [-0.2, -0.15) is 5.10 Å². The van der Waals surface area contributed by atoms with E-state index in [9.17, 15) is 10.1 Å². The molecule has 0 aliphatic rings. The number of hydrogen-bond donors (Lipinski definition) is 0. The number of nitrogens with zero attached hydrogens (tertiary/aromatic N) is 5. The van der Waals surface area contributed by atoms with Crippen LogP contribution in [0.5, 0.6) is 0 Å². The second-order valence-electron chi connectivity index (χ2n) is 3.28. The predicted octanol–water partition coefficient (Wildman–Crippen LogP) is 1.28. The second kappa shape index (κ2) is 4.16. The molecule has 0 saturated heterocycles. The van der Waals surface area contributed by atoms with Gasteiger partial charge in [-0.25, -0.2) is 4.68 Å². The average molecular weight is 235 g/mol. The Bertz CT molecular complexity index is 564. The van der Waals surface area contributed by atoms with Crippen molar-refractivity contribution in [2.75, 3.05) is 0 Å². The molecule has 88 valence electrons. The first-order valence-electron chi connectivity index (χ1n) is 4.75. The summed E-state index contributed by atoms with van der Waals surface area (Å²) in [6.07, 6.45) is 1.37. The van der Waals surface area contributed by atoms with Gasteiger partial charge < -0.3 is 4.42 Å². The molecular weight excluding hydrogens is 226 g/mol. The van der Waals surface area contributed by atoms with Crippen LogP contribution in [-0.2, 0) is 0 Å². The second-order valence-corrected chi connectivity index (χ2v) is 3.28. The highest BCUT2D eigenvalue weighted by molar-refractivity contribution is 5.76.